The van der Waals surface area contributed by atoms with Gasteiger partial charge in [0.15, 0.2) is 0 Å². The van der Waals surface area contributed by atoms with Crippen LogP contribution in [0.4, 0.5) is 5.82 Å². The number of amides is 2. The Morgan fingerprint density at radius 2 is 1.72 bits per heavy atom. The van der Waals surface area contributed by atoms with E-state index >= 15 is 0 Å². The minimum atomic E-state index is -0.306. The maximum absolute atomic E-state index is 13.2. The van der Waals surface area contributed by atoms with E-state index in [1.807, 2.05) is 61.5 Å². The summed E-state index contributed by atoms with van der Waals surface area (Å²) in [4.78, 5) is 32.2. The zero-order chi connectivity index (χ0) is 27.1. The molecule has 1 aliphatic heterocycles. The molecule has 4 heterocycles. The Hall–Kier alpha value is -4.99. The van der Waals surface area contributed by atoms with Gasteiger partial charge in [0.25, 0.3) is 11.8 Å². The largest absolute Gasteiger partial charge is 0.383 e. The minimum absolute atomic E-state index is 0.0548. The van der Waals surface area contributed by atoms with E-state index in [2.05, 4.69) is 32.6 Å². The van der Waals surface area contributed by atoms with Crippen molar-refractivity contribution in [3.8, 4) is 22.3 Å². The van der Waals surface area contributed by atoms with E-state index in [1.165, 1.54) is 0 Å². The van der Waals surface area contributed by atoms with Gasteiger partial charge in [-0.15, -0.1) is 0 Å². The van der Waals surface area contributed by atoms with E-state index in [9.17, 15) is 9.59 Å². The standard InChI is InChI=1S/C29H28N8O2/c1-35-16-23(15-32-35)21-12-25(27(30)31-13-21)28(38)34-24-9-10-37(17-24)29(39)19-5-3-18(4-6-19)20-7-8-26-22(11-20)14-33-36(26)2/h3-8,11-16,24H,9-10,17H2,1-2H3,(H2,30,31)(H,34,38)/t24-/m1/s1. The highest BCUT2D eigenvalue weighted by Crippen LogP contribution is 2.26. The number of rotatable bonds is 5. The lowest BCUT2D eigenvalue weighted by Gasteiger charge is -2.18. The molecule has 6 rings (SSSR count). The van der Waals surface area contributed by atoms with Crippen molar-refractivity contribution in [2.24, 2.45) is 14.1 Å². The van der Waals surface area contributed by atoms with Crippen LogP contribution in [0.5, 0.6) is 0 Å². The molecule has 1 aliphatic rings. The Morgan fingerprint density at radius 1 is 0.923 bits per heavy atom. The molecule has 0 radical (unpaired) electrons. The summed E-state index contributed by atoms with van der Waals surface area (Å²) in [6.07, 6.45) is 7.70. The number of nitrogen functional groups attached to an aromatic ring is 1. The summed E-state index contributed by atoms with van der Waals surface area (Å²) in [6, 6.07) is 15.4. The monoisotopic (exact) mass is 520 g/mol. The molecule has 2 amide bonds. The van der Waals surface area contributed by atoms with E-state index < -0.39 is 0 Å². The van der Waals surface area contributed by atoms with Crippen LogP contribution < -0.4 is 11.1 Å². The second-order valence-corrected chi connectivity index (χ2v) is 9.89. The highest BCUT2D eigenvalue weighted by atomic mass is 16.2. The van der Waals surface area contributed by atoms with Crippen LogP contribution in [0.15, 0.2) is 73.3 Å². The lowest BCUT2D eigenvalue weighted by Crippen LogP contribution is -2.38. The smallest absolute Gasteiger partial charge is 0.255 e. The number of fused-ring (bicyclic) bond motifs is 1. The molecule has 1 atom stereocenters. The molecule has 39 heavy (non-hydrogen) atoms. The first-order valence-electron chi connectivity index (χ1n) is 12.7. The van der Waals surface area contributed by atoms with Gasteiger partial charge in [-0.25, -0.2) is 4.98 Å². The zero-order valence-corrected chi connectivity index (χ0v) is 21.7. The van der Waals surface area contributed by atoms with Gasteiger partial charge < -0.3 is 16.0 Å². The average Bonchev–Trinajstić information content (AvgIpc) is 3.69. The fraction of sp³-hybridized carbons (Fsp3) is 0.207. The number of likely N-dealkylation sites (tertiary alicyclic amines) is 1. The zero-order valence-electron chi connectivity index (χ0n) is 21.7. The molecular formula is C29H28N8O2. The average molecular weight is 521 g/mol. The van der Waals surface area contributed by atoms with Crippen molar-refractivity contribution in [2.45, 2.75) is 12.5 Å². The predicted octanol–water partition coefficient (Wildman–Crippen LogP) is 3.26. The van der Waals surface area contributed by atoms with Gasteiger partial charge >= 0.3 is 0 Å². The van der Waals surface area contributed by atoms with Crippen molar-refractivity contribution in [3.63, 3.8) is 0 Å². The summed E-state index contributed by atoms with van der Waals surface area (Å²) in [7, 11) is 3.75. The summed E-state index contributed by atoms with van der Waals surface area (Å²) >= 11 is 0. The topological polar surface area (TPSA) is 124 Å². The van der Waals surface area contributed by atoms with Crippen molar-refractivity contribution in [1.29, 1.82) is 0 Å². The van der Waals surface area contributed by atoms with E-state index in [0.717, 1.165) is 33.2 Å². The lowest BCUT2D eigenvalue weighted by molar-refractivity contribution is 0.0783. The molecular weight excluding hydrogens is 492 g/mol. The Kier molecular flexibility index (Phi) is 6.07. The molecule has 0 bridgehead atoms. The number of hydrogen-bond donors (Lipinski definition) is 2. The molecule has 1 fully saturated rings. The Balaban J connectivity index is 1.10. The third-order valence-electron chi connectivity index (χ3n) is 7.22. The summed E-state index contributed by atoms with van der Waals surface area (Å²) in [5, 5.41) is 12.6. The molecule has 3 aromatic heterocycles. The highest BCUT2D eigenvalue weighted by Gasteiger charge is 2.29. The van der Waals surface area contributed by atoms with Crippen molar-refractivity contribution in [3.05, 3.63) is 84.4 Å². The third kappa shape index (κ3) is 4.72. The normalized spacial score (nSPS) is 15.1. The molecule has 0 unspecified atom stereocenters. The summed E-state index contributed by atoms with van der Waals surface area (Å²) in [5.41, 5.74) is 11.7. The number of anilines is 1. The van der Waals surface area contributed by atoms with Crippen LogP contribution in [0.3, 0.4) is 0 Å². The number of aromatic nitrogens is 5. The first-order valence-corrected chi connectivity index (χ1v) is 12.7. The van der Waals surface area contributed by atoms with Gasteiger partial charge in [-0.05, 0) is 47.9 Å². The van der Waals surface area contributed by atoms with Gasteiger partial charge in [0.05, 0.1) is 23.5 Å². The molecule has 5 aromatic rings. The van der Waals surface area contributed by atoms with E-state index in [0.29, 0.717) is 30.6 Å². The number of pyridine rings is 1. The third-order valence-corrected chi connectivity index (χ3v) is 7.22. The summed E-state index contributed by atoms with van der Waals surface area (Å²) in [6.45, 7) is 0.992. The highest BCUT2D eigenvalue weighted by molar-refractivity contribution is 6.00. The fourth-order valence-corrected chi connectivity index (χ4v) is 5.04. The molecule has 10 nitrogen and oxygen atoms in total. The number of nitrogens with two attached hydrogens (primary N) is 1. The minimum Gasteiger partial charge on any atom is -0.383 e. The molecule has 2 aromatic carbocycles. The molecule has 0 spiro atoms. The van der Waals surface area contributed by atoms with Crippen LogP contribution in [-0.4, -0.2) is 60.4 Å². The maximum atomic E-state index is 13.2. The molecule has 0 aliphatic carbocycles. The molecule has 10 heteroatoms. The van der Waals surface area contributed by atoms with Gasteiger partial charge in [-0.1, -0.05) is 18.2 Å². The van der Waals surface area contributed by atoms with Crippen molar-refractivity contribution in [2.75, 3.05) is 18.8 Å². The first kappa shape index (κ1) is 24.4. The van der Waals surface area contributed by atoms with Gasteiger partial charge in [-0.3, -0.25) is 19.0 Å². The van der Waals surface area contributed by atoms with Gasteiger partial charge in [0.2, 0.25) is 0 Å². The van der Waals surface area contributed by atoms with Crippen LogP contribution in [-0.2, 0) is 14.1 Å². The second kappa shape index (κ2) is 9.71. The predicted molar refractivity (Wildman–Crippen MR) is 149 cm³/mol. The van der Waals surface area contributed by atoms with Gasteiger partial charge in [0.1, 0.15) is 5.82 Å². The molecule has 196 valence electrons. The number of carbonyl (C=O) groups is 2. The van der Waals surface area contributed by atoms with Crippen molar-refractivity contribution < 1.29 is 9.59 Å². The lowest BCUT2D eigenvalue weighted by atomic mass is 10.0. The van der Waals surface area contributed by atoms with Gasteiger partial charge in [-0.2, -0.15) is 10.2 Å². The summed E-state index contributed by atoms with van der Waals surface area (Å²) in [5.74, 6) is -0.199. The number of carbonyl (C=O) groups excluding carboxylic acids is 2. The van der Waals surface area contributed by atoms with Crippen LogP contribution in [0.2, 0.25) is 0 Å². The van der Waals surface area contributed by atoms with Crippen molar-refractivity contribution >= 4 is 28.5 Å². The van der Waals surface area contributed by atoms with Crippen LogP contribution >= 0.6 is 0 Å². The Morgan fingerprint density at radius 3 is 2.49 bits per heavy atom. The fourth-order valence-electron chi connectivity index (χ4n) is 5.04. The number of benzene rings is 2. The number of nitrogens with one attached hydrogen (secondary N) is 1. The summed E-state index contributed by atoms with van der Waals surface area (Å²) < 4.78 is 3.53. The Bertz CT molecular complexity index is 1700. The number of hydrogen-bond acceptors (Lipinski definition) is 6. The second-order valence-electron chi connectivity index (χ2n) is 9.89. The SMILES string of the molecule is Cn1cc(-c2cnc(N)c(C(=O)N[C@@H]3CCN(C(=O)c4ccc(-c5ccc6c(cnn6C)c5)cc4)C3)c2)cn1. The molecule has 0 saturated carbocycles. The van der Waals surface area contributed by atoms with E-state index in [1.54, 1.807) is 28.0 Å². The van der Waals surface area contributed by atoms with Crippen molar-refractivity contribution in [1.82, 2.24) is 34.8 Å². The van der Waals surface area contributed by atoms with E-state index in [-0.39, 0.29) is 23.7 Å². The quantitative estimate of drug-likeness (QED) is 0.367. The first-order chi connectivity index (χ1) is 18.9. The Labute approximate surface area is 225 Å². The van der Waals surface area contributed by atoms with Gasteiger partial charge in [0, 0.05) is 67.7 Å². The number of nitrogens with zero attached hydrogens (tertiary/aromatic N) is 6. The van der Waals surface area contributed by atoms with Crippen LogP contribution in [0.1, 0.15) is 27.1 Å². The van der Waals surface area contributed by atoms with Crippen LogP contribution in [0.25, 0.3) is 33.2 Å². The number of aryl methyl sites for hydroxylation is 2. The van der Waals surface area contributed by atoms with Crippen LogP contribution in [0, 0.1) is 0 Å². The molecule has 1 saturated heterocycles. The molecule has 3 N–H and O–H groups in total. The maximum Gasteiger partial charge on any atom is 0.255 e. The van der Waals surface area contributed by atoms with E-state index in [4.69, 9.17) is 5.73 Å².